The molecule has 2 aromatic carbocycles. The van der Waals surface area contributed by atoms with Gasteiger partial charge in [0.2, 0.25) is 5.78 Å². The molecule has 0 radical (unpaired) electrons. The summed E-state index contributed by atoms with van der Waals surface area (Å²) in [5.41, 5.74) is 2.72. The van der Waals surface area contributed by atoms with E-state index in [1.165, 1.54) is 32.2 Å². The Hall–Kier alpha value is -3.47. The highest BCUT2D eigenvalue weighted by atomic mass is 16.7. The van der Waals surface area contributed by atoms with Crippen LogP contribution in [0, 0.1) is 0 Å². The SMILES string of the molecule is COc1cccc2c1C(=O)c1c(O)c3c(c(O)c1C2=O)C[C@@](O)(C(C)=O)CC3OC1CC(OC2CC(N)C(O)C(C)O2)C(O)C(C)O1. The first kappa shape index (κ1) is 33.4. The lowest BCUT2D eigenvalue weighted by Gasteiger charge is -2.44. The van der Waals surface area contributed by atoms with Crippen LogP contribution in [0.2, 0.25) is 0 Å². The third-order valence-corrected chi connectivity index (χ3v) is 9.78. The Bertz CT molecular complexity index is 1610. The first-order valence-electron chi connectivity index (χ1n) is 15.5. The number of aliphatic hydroxyl groups is 3. The highest BCUT2D eigenvalue weighted by Crippen LogP contribution is 2.52. The minimum Gasteiger partial charge on any atom is -0.507 e. The van der Waals surface area contributed by atoms with Gasteiger partial charge in [-0.05, 0) is 26.8 Å². The number of ketones is 3. The van der Waals surface area contributed by atoms with Crippen molar-refractivity contribution >= 4 is 17.3 Å². The second-order valence-electron chi connectivity index (χ2n) is 12.8. The molecule has 0 bridgehead atoms. The smallest absolute Gasteiger partial charge is 0.202 e. The van der Waals surface area contributed by atoms with Crippen molar-refractivity contribution in [2.45, 2.75) is 107 Å². The molecular weight excluding hydrogens is 618 g/mol. The number of phenolic OH excluding ortho intramolecular Hbond substituents is 2. The number of ether oxygens (including phenoxy) is 5. The van der Waals surface area contributed by atoms with Gasteiger partial charge < -0.3 is 55.0 Å². The van der Waals surface area contributed by atoms with Gasteiger partial charge in [0.15, 0.2) is 24.1 Å². The Kier molecular flexibility index (Phi) is 8.68. The van der Waals surface area contributed by atoms with Crippen molar-refractivity contribution in [2.75, 3.05) is 7.11 Å². The molecule has 4 aliphatic rings. The molecule has 0 spiro atoms. The molecule has 2 aliphatic heterocycles. The summed E-state index contributed by atoms with van der Waals surface area (Å²) in [6, 6.07) is 3.79. The summed E-state index contributed by atoms with van der Waals surface area (Å²) in [5.74, 6) is -3.37. The molecule has 254 valence electrons. The van der Waals surface area contributed by atoms with Crippen LogP contribution in [0.25, 0.3) is 0 Å². The molecule has 0 aromatic heterocycles. The third-order valence-electron chi connectivity index (χ3n) is 9.78. The maximum Gasteiger partial charge on any atom is 0.202 e. The first-order chi connectivity index (χ1) is 22.2. The number of carbonyl (C=O) groups excluding carboxylic acids is 3. The van der Waals surface area contributed by atoms with Gasteiger partial charge in [0.25, 0.3) is 0 Å². The van der Waals surface area contributed by atoms with E-state index in [1.54, 1.807) is 13.8 Å². The normalized spacial score (nSPS) is 35.1. The van der Waals surface area contributed by atoms with Crippen LogP contribution < -0.4 is 10.5 Å². The second-order valence-corrected chi connectivity index (χ2v) is 12.8. The maximum atomic E-state index is 13.8. The largest absolute Gasteiger partial charge is 0.507 e. The van der Waals surface area contributed by atoms with Crippen LogP contribution in [-0.4, -0.2) is 105 Å². The Morgan fingerprint density at radius 3 is 2.21 bits per heavy atom. The molecule has 0 saturated carbocycles. The van der Waals surface area contributed by atoms with Crippen molar-refractivity contribution in [3.05, 3.63) is 51.6 Å². The number of fused-ring (bicyclic) bond motifs is 3. The summed E-state index contributed by atoms with van der Waals surface area (Å²) < 4.78 is 29.3. The number of benzene rings is 2. The molecule has 2 saturated heterocycles. The number of nitrogens with two attached hydrogens (primary N) is 1. The quantitative estimate of drug-likeness (QED) is 0.203. The van der Waals surface area contributed by atoms with Crippen LogP contribution in [0.5, 0.6) is 17.2 Å². The molecule has 47 heavy (non-hydrogen) atoms. The van der Waals surface area contributed by atoms with Gasteiger partial charge in [-0.15, -0.1) is 0 Å². The van der Waals surface area contributed by atoms with Gasteiger partial charge in [-0.25, -0.2) is 0 Å². The van der Waals surface area contributed by atoms with Crippen molar-refractivity contribution in [3.63, 3.8) is 0 Å². The van der Waals surface area contributed by atoms with Gasteiger partial charge in [-0.3, -0.25) is 14.4 Å². The van der Waals surface area contributed by atoms with E-state index in [-0.39, 0.29) is 47.3 Å². The lowest BCUT2D eigenvalue weighted by molar-refractivity contribution is -0.306. The number of Topliss-reactive ketones (excluding diaryl/α,β-unsaturated/α-hetero) is 1. The van der Waals surface area contributed by atoms with Crippen LogP contribution in [0.1, 0.15) is 89.1 Å². The van der Waals surface area contributed by atoms with E-state index >= 15 is 0 Å². The van der Waals surface area contributed by atoms with E-state index in [4.69, 9.17) is 29.4 Å². The number of methoxy groups -OCH3 is 1. The molecule has 2 aliphatic carbocycles. The average Bonchev–Trinajstić information content (AvgIpc) is 3.02. The van der Waals surface area contributed by atoms with Gasteiger partial charge in [-0.2, -0.15) is 0 Å². The Labute approximate surface area is 269 Å². The molecule has 2 heterocycles. The second kappa shape index (κ2) is 12.2. The number of hydrogen-bond acceptors (Lipinski definition) is 14. The van der Waals surface area contributed by atoms with Crippen LogP contribution >= 0.6 is 0 Å². The van der Waals surface area contributed by atoms with Gasteiger partial charge in [-0.1, -0.05) is 12.1 Å². The molecule has 0 amide bonds. The van der Waals surface area contributed by atoms with Crippen molar-refractivity contribution in [3.8, 4) is 17.2 Å². The molecule has 9 unspecified atom stereocenters. The predicted molar refractivity (Wildman–Crippen MR) is 160 cm³/mol. The van der Waals surface area contributed by atoms with Crippen molar-refractivity contribution in [1.82, 2.24) is 0 Å². The highest BCUT2D eigenvalue weighted by molar-refractivity contribution is 6.31. The summed E-state index contributed by atoms with van der Waals surface area (Å²) in [6.45, 7) is 4.41. The van der Waals surface area contributed by atoms with E-state index in [0.29, 0.717) is 0 Å². The lowest BCUT2D eigenvalue weighted by Crippen LogP contribution is -2.55. The Morgan fingerprint density at radius 1 is 0.936 bits per heavy atom. The van der Waals surface area contributed by atoms with Crippen LogP contribution in [0.4, 0.5) is 0 Å². The van der Waals surface area contributed by atoms with E-state index in [1.807, 2.05) is 0 Å². The molecule has 2 fully saturated rings. The zero-order valence-corrected chi connectivity index (χ0v) is 26.3. The fourth-order valence-electron chi connectivity index (χ4n) is 7.08. The van der Waals surface area contributed by atoms with Crippen molar-refractivity contribution in [2.24, 2.45) is 5.73 Å². The minimum atomic E-state index is -2.07. The molecule has 2 aromatic rings. The fraction of sp³-hybridized carbons (Fsp3) is 0.545. The average molecular weight is 658 g/mol. The molecule has 14 heteroatoms. The van der Waals surface area contributed by atoms with Gasteiger partial charge in [0.1, 0.15) is 29.0 Å². The van der Waals surface area contributed by atoms with Crippen LogP contribution in [0.3, 0.4) is 0 Å². The number of hydrogen-bond donors (Lipinski definition) is 6. The summed E-state index contributed by atoms with van der Waals surface area (Å²) in [7, 11) is 1.33. The van der Waals surface area contributed by atoms with Crippen molar-refractivity contribution < 1.29 is 63.6 Å². The molecular formula is C33H39NO13. The summed E-state index contributed by atoms with van der Waals surface area (Å²) in [6.07, 6.45) is -8.41. The monoisotopic (exact) mass is 657 g/mol. The number of carbonyl (C=O) groups is 3. The third kappa shape index (κ3) is 5.52. The van der Waals surface area contributed by atoms with Gasteiger partial charge in [0, 0.05) is 48.4 Å². The Balaban J connectivity index is 1.37. The minimum absolute atomic E-state index is 0.0389. The maximum absolute atomic E-state index is 13.8. The molecule has 7 N–H and O–H groups in total. The first-order valence-corrected chi connectivity index (χ1v) is 15.5. The van der Waals surface area contributed by atoms with E-state index in [2.05, 4.69) is 0 Å². The fourth-order valence-corrected chi connectivity index (χ4v) is 7.08. The summed E-state index contributed by atoms with van der Waals surface area (Å²) >= 11 is 0. The van der Waals surface area contributed by atoms with E-state index < -0.39 is 107 Å². The van der Waals surface area contributed by atoms with Gasteiger partial charge in [0.05, 0.1) is 54.3 Å². The van der Waals surface area contributed by atoms with E-state index in [0.717, 1.165) is 0 Å². The standard InChI is InChI=1S/C33H39NO13/c1-12-27(36)17(34)8-21(44-12)46-19-9-22(45-13(2)28(19)37)47-20-11-33(42,14(3)35)10-16-24(20)32(41)26-25(30(16)39)29(38)15-6-5-7-18(43-4)23(15)31(26)40/h5-7,12-13,17,19-22,27-28,36-37,39,41-42H,8-11,34H2,1-4H3/t12?,13?,17?,19?,20?,21?,22?,27?,28?,33-/m0/s1. The predicted octanol–water partition coefficient (Wildman–Crippen LogP) is 0.910. The lowest BCUT2D eigenvalue weighted by atomic mass is 9.72. The topological polar surface area (TPSA) is 225 Å². The molecule has 6 rings (SSSR count). The number of phenols is 2. The number of aromatic hydroxyl groups is 2. The number of rotatable bonds is 6. The van der Waals surface area contributed by atoms with Crippen LogP contribution in [-0.2, 0) is 30.2 Å². The molecule has 14 nitrogen and oxygen atoms in total. The zero-order chi connectivity index (χ0) is 34.1. The zero-order valence-electron chi connectivity index (χ0n) is 26.3. The Morgan fingerprint density at radius 2 is 1.57 bits per heavy atom. The van der Waals surface area contributed by atoms with Crippen molar-refractivity contribution in [1.29, 1.82) is 0 Å². The van der Waals surface area contributed by atoms with Crippen LogP contribution in [0.15, 0.2) is 18.2 Å². The summed E-state index contributed by atoms with van der Waals surface area (Å²) in [4.78, 5) is 40.3. The van der Waals surface area contributed by atoms with Gasteiger partial charge >= 0.3 is 0 Å². The molecule has 10 atom stereocenters. The highest BCUT2D eigenvalue weighted by Gasteiger charge is 2.50. The number of aliphatic hydroxyl groups excluding tert-OH is 2. The van der Waals surface area contributed by atoms with E-state index in [9.17, 15) is 39.9 Å². The summed E-state index contributed by atoms with van der Waals surface area (Å²) in [5, 5.41) is 55.7.